The van der Waals surface area contributed by atoms with E-state index in [-0.39, 0.29) is 23.9 Å². The van der Waals surface area contributed by atoms with Crippen molar-refractivity contribution in [3.63, 3.8) is 0 Å². The third kappa shape index (κ3) is 3.64. The van der Waals surface area contributed by atoms with Crippen molar-refractivity contribution in [1.29, 1.82) is 0 Å². The summed E-state index contributed by atoms with van der Waals surface area (Å²) in [4.78, 5) is 37.3. The minimum atomic E-state index is -0.431. The summed E-state index contributed by atoms with van der Waals surface area (Å²) in [6, 6.07) is 13.4. The number of hydrogen-bond acceptors (Lipinski definition) is 5. The number of hydrogen-bond donors (Lipinski definition) is 2. The molecule has 2 aromatic carbocycles. The average Bonchev–Trinajstić information content (AvgIpc) is 2.75. The zero-order valence-electron chi connectivity index (χ0n) is 15.7. The zero-order chi connectivity index (χ0) is 20.4. The Bertz CT molecular complexity index is 1170. The van der Waals surface area contributed by atoms with Gasteiger partial charge in [0.2, 0.25) is 5.91 Å². The topological polar surface area (TPSA) is 98.7 Å². The lowest BCUT2D eigenvalue weighted by molar-refractivity contribution is -0.116. The van der Waals surface area contributed by atoms with Crippen molar-refractivity contribution in [2.24, 2.45) is 0 Å². The lowest BCUT2D eigenvalue weighted by Gasteiger charge is -2.19. The molecule has 148 valence electrons. The molecule has 0 fully saturated rings. The number of carbonyl (C=O) groups is 2. The number of nitrogens with zero attached hydrogens (tertiary/aromatic N) is 1. The van der Waals surface area contributed by atoms with Crippen molar-refractivity contribution in [1.82, 2.24) is 9.88 Å². The fraction of sp³-hybridized carbons (Fsp3) is 0.190. The van der Waals surface area contributed by atoms with Crippen LogP contribution in [0.1, 0.15) is 10.4 Å². The van der Waals surface area contributed by atoms with E-state index < -0.39 is 5.56 Å². The first kappa shape index (κ1) is 18.5. The number of nitrogens with one attached hydrogen (secondary N) is 2. The third-order valence-electron chi connectivity index (χ3n) is 4.62. The molecule has 0 unspecified atom stereocenters. The van der Waals surface area contributed by atoms with Gasteiger partial charge < -0.3 is 20.1 Å². The zero-order valence-corrected chi connectivity index (χ0v) is 15.7. The number of rotatable bonds is 4. The lowest BCUT2D eigenvalue weighted by atomic mass is 10.1. The normalized spacial score (nSPS) is 12.4. The molecule has 2 amide bonds. The number of anilines is 1. The molecule has 4 rings (SSSR count). The van der Waals surface area contributed by atoms with E-state index in [1.807, 2.05) is 0 Å². The van der Waals surface area contributed by atoms with Gasteiger partial charge in [-0.1, -0.05) is 18.2 Å². The fourth-order valence-corrected chi connectivity index (χ4v) is 3.29. The molecule has 0 saturated carbocycles. The maximum atomic E-state index is 12.6. The lowest BCUT2D eigenvalue weighted by Crippen LogP contribution is -2.30. The number of benzene rings is 2. The quantitative estimate of drug-likeness (QED) is 0.704. The third-order valence-corrected chi connectivity index (χ3v) is 4.62. The summed E-state index contributed by atoms with van der Waals surface area (Å²) in [5.41, 5.74) is 0.894. The predicted octanol–water partition coefficient (Wildman–Crippen LogP) is 1.77. The highest BCUT2D eigenvalue weighted by atomic mass is 16.6. The van der Waals surface area contributed by atoms with Crippen molar-refractivity contribution in [3.05, 3.63) is 64.4 Å². The summed E-state index contributed by atoms with van der Waals surface area (Å²) in [5.74, 6) is 0.459. The van der Waals surface area contributed by atoms with Gasteiger partial charge in [0.25, 0.3) is 11.5 Å². The van der Waals surface area contributed by atoms with Crippen molar-refractivity contribution in [3.8, 4) is 11.5 Å². The number of amides is 2. The summed E-state index contributed by atoms with van der Waals surface area (Å²) in [6.45, 7) is 0.742. The summed E-state index contributed by atoms with van der Waals surface area (Å²) in [7, 11) is 1.50. The average molecular weight is 393 g/mol. The van der Waals surface area contributed by atoms with E-state index in [2.05, 4.69) is 10.6 Å². The predicted molar refractivity (Wildman–Crippen MR) is 108 cm³/mol. The molecule has 0 atom stereocenters. The first-order valence-electron chi connectivity index (χ1n) is 9.11. The van der Waals surface area contributed by atoms with Crippen LogP contribution in [0, 0.1) is 0 Å². The molecule has 2 N–H and O–H groups in total. The molecule has 1 aromatic heterocycles. The van der Waals surface area contributed by atoms with Crippen LogP contribution in [0.2, 0.25) is 0 Å². The molecule has 1 aliphatic rings. The highest BCUT2D eigenvalue weighted by Gasteiger charge is 2.16. The van der Waals surface area contributed by atoms with Crippen molar-refractivity contribution >= 4 is 28.4 Å². The monoisotopic (exact) mass is 393 g/mol. The Balaban J connectivity index is 1.62. The van der Waals surface area contributed by atoms with Gasteiger partial charge in [-0.3, -0.25) is 19.0 Å². The second kappa shape index (κ2) is 7.67. The van der Waals surface area contributed by atoms with Gasteiger partial charge in [0.05, 0.1) is 11.1 Å². The first-order valence-corrected chi connectivity index (χ1v) is 9.11. The van der Waals surface area contributed by atoms with Gasteiger partial charge in [-0.05, 0) is 18.2 Å². The number of aromatic nitrogens is 1. The van der Waals surface area contributed by atoms with E-state index in [0.717, 1.165) is 0 Å². The molecule has 29 heavy (non-hydrogen) atoms. The molecule has 8 nitrogen and oxygen atoms in total. The van der Waals surface area contributed by atoms with Gasteiger partial charge in [-0.2, -0.15) is 0 Å². The van der Waals surface area contributed by atoms with Crippen molar-refractivity contribution < 1.29 is 19.1 Å². The number of ether oxygens (including phenoxy) is 2. The Labute approximate surface area is 166 Å². The summed E-state index contributed by atoms with van der Waals surface area (Å²) in [5, 5.41) is 5.89. The smallest absolute Gasteiger partial charge is 0.252 e. The summed E-state index contributed by atoms with van der Waals surface area (Å²) >= 11 is 0. The SMILES string of the molecule is CNC(=O)c1cc(=O)n(CC(=O)Nc2ccc3c(c2)OCCO3)c2ccccc12. The van der Waals surface area contributed by atoms with Gasteiger partial charge in [-0.25, -0.2) is 0 Å². The van der Waals surface area contributed by atoms with E-state index >= 15 is 0 Å². The standard InChI is InChI=1S/C21H19N3O5/c1-22-21(27)15-11-20(26)24(16-5-3-2-4-14(15)16)12-19(25)23-13-6-7-17-18(10-13)29-9-8-28-17/h2-7,10-11H,8-9,12H2,1H3,(H,22,27)(H,23,25). The number of pyridine rings is 1. The Morgan fingerprint density at radius 1 is 1.03 bits per heavy atom. The minimum absolute atomic E-state index is 0.193. The van der Waals surface area contributed by atoms with Crippen LogP contribution in [0.15, 0.2) is 53.3 Å². The Hall–Kier alpha value is -3.81. The Morgan fingerprint density at radius 3 is 2.59 bits per heavy atom. The van der Waals surface area contributed by atoms with Gasteiger partial charge >= 0.3 is 0 Å². The van der Waals surface area contributed by atoms with Gasteiger partial charge in [0.15, 0.2) is 11.5 Å². The van der Waals surface area contributed by atoms with Crippen LogP contribution in [0.3, 0.4) is 0 Å². The van der Waals surface area contributed by atoms with Crippen LogP contribution in [-0.2, 0) is 11.3 Å². The van der Waals surface area contributed by atoms with Gasteiger partial charge in [0.1, 0.15) is 19.8 Å². The summed E-state index contributed by atoms with van der Waals surface area (Å²) in [6.07, 6.45) is 0. The van der Waals surface area contributed by atoms with E-state index in [9.17, 15) is 14.4 Å². The van der Waals surface area contributed by atoms with Crippen LogP contribution >= 0.6 is 0 Å². The molecular formula is C21H19N3O5. The molecule has 1 aliphatic heterocycles. The molecule has 0 bridgehead atoms. The molecule has 0 radical (unpaired) electrons. The molecule has 2 heterocycles. The molecule has 0 spiro atoms. The van der Waals surface area contributed by atoms with E-state index in [1.54, 1.807) is 42.5 Å². The van der Waals surface area contributed by atoms with Crippen LogP contribution in [-0.4, -0.2) is 36.6 Å². The molecule has 8 heteroatoms. The highest BCUT2D eigenvalue weighted by molar-refractivity contribution is 6.06. The molecule has 0 saturated heterocycles. The Morgan fingerprint density at radius 2 is 1.79 bits per heavy atom. The molecule has 0 aliphatic carbocycles. The number of para-hydroxylation sites is 1. The minimum Gasteiger partial charge on any atom is -0.486 e. The van der Waals surface area contributed by atoms with Crippen LogP contribution < -0.4 is 25.7 Å². The maximum absolute atomic E-state index is 12.6. The van der Waals surface area contributed by atoms with Crippen LogP contribution in [0.25, 0.3) is 10.9 Å². The fourth-order valence-electron chi connectivity index (χ4n) is 3.29. The van der Waals surface area contributed by atoms with E-state index in [1.165, 1.54) is 17.7 Å². The second-order valence-corrected chi connectivity index (χ2v) is 6.49. The van der Waals surface area contributed by atoms with Crippen molar-refractivity contribution in [2.45, 2.75) is 6.54 Å². The van der Waals surface area contributed by atoms with Gasteiger partial charge in [0, 0.05) is 30.3 Å². The number of carbonyl (C=O) groups excluding carboxylic acids is 2. The van der Waals surface area contributed by atoms with Crippen LogP contribution in [0.4, 0.5) is 5.69 Å². The first-order chi connectivity index (χ1) is 14.1. The van der Waals surface area contributed by atoms with E-state index in [4.69, 9.17) is 9.47 Å². The van der Waals surface area contributed by atoms with Gasteiger partial charge in [-0.15, -0.1) is 0 Å². The largest absolute Gasteiger partial charge is 0.486 e. The van der Waals surface area contributed by atoms with Crippen molar-refractivity contribution in [2.75, 3.05) is 25.6 Å². The Kier molecular flexibility index (Phi) is 4.90. The molecule has 3 aromatic rings. The van der Waals surface area contributed by atoms with Crippen LogP contribution in [0.5, 0.6) is 11.5 Å². The second-order valence-electron chi connectivity index (χ2n) is 6.49. The number of fused-ring (bicyclic) bond motifs is 2. The van der Waals surface area contributed by atoms with E-state index in [0.29, 0.717) is 41.3 Å². The molecular weight excluding hydrogens is 374 g/mol. The highest BCUT2D eigenvalue weighted by Crippen LogP contribution is 2.32. The summed E-state index contributed by atoms with van der Waals surface area (Å²) < 4.78 is 12.3. The maximum Gasteiger partial charge on any atom is 0.252 e.